The van der Waals surface area contributed by atoms with Crippen molar-refractivity contribution in [1.82, 2.24) is 0 Å². The topological polar surface area (TPSA) is 34.1 Å². The van der Waals surface area contributed by atoms with Crippen LogP contribution >= 0.6 is 0 Å². The van der Waals surface area contributed by atoms with Crippen LogP contribution in [0, 0.1) is 0 Å². The van der Waals surface area contributed by atoms with Gasteiger partial charge in [-0.3, -0.25) is 0 Å². The van der Waals surface area contributed by atoms with Crippen molar-refractivity contribution in [3.8, 4) is 0 Å². The second kappa shape index (κ2) is 3.67. The zero-order chi connectivity index (χ0) is 13.6. The molecule has 0 aromatic carbocycles. The summed E-state index contributed by atoms with van der Waals surface area (Å²) in [6, 6.07) is 0. The first-order chi connectivity index (χ1) is 6.65. The lowest BCUT2D eigenvalue weighted by Crippen LogP contribution is -2.56. The van der Waals surface area contributed by atoms with E-state index in [2.05, 4.69) is 0 Å². The fraction of sp³-hybridized carbons (Fsp3) is 1.00. The van der Waals surface area contributed by atoms with E-state index in [9.17, 15) is 47.4 Å². The van der Waals surface area contributed by atoms with E-state index in [4.69, 9.17) is 0 Å². The van der Waals surface area contributed by atoms with Crippen molar-refractivity contribution in [2.75, 3.05) is 0 Å². The van der Waals surface area contributed by atoms with Gasteiger partial charge in [-0.05, 0) is 0 Å². The maximum Gasteiger partial charge on any atom is 0.439 e. The number of alkyl halides is 8. The van der Waals surface area contributed by atoms with Crippen molar-refractivity contribution < 1.29 is 47.4 Å². The van der Waals surface area contributed by atoms with Crippen LogP contribution in [0.2, 0.25) is 0 Å². The molecule has 2 nitrogen and oxygen atoms in total. The van der Waals surface area contributed by atoms with Gasteiger partial charge in [0.25, 0.3) is 6.17 Å². The summed E-state index contributed by atoms with van der Waals surface area (Å²) >= 11 is 0. The highest BCUT2D eigenvalue weighted by Gasteiger charge is 2.75. The molecular formula is C4HF9O2S. The van der Waals surface area contributed by atoms with Crippen molar-refractivity contribution in [1.29, 1.82) is 0 Å². The van der Waals surface area contributed by atoms with Gasteiger partial charge in [0.05, 0.1) is 0 Å². The molecule has 0 bridgehead atoms. The molecule has 0 aliphatic heterocycles. The molecule has 0 aliphatic rings. The SMILES string of the molecule is O=S(=O)(F)C(F)(F)C(F)(F)C(F)C(F)(F)F. The average molecular weight is 284 g/mol. The van der Waals surface area contributed by atoms with Gasteiger partial charge in [0.2, 0.25) is 0 Å². The van der Waals surface area contributed by atoms with Gasteiger partial charge in [-0.1, -0.05) is 3.89 Å². The molecule has 1 unspecified atom stereocenters. The summed E-state index contributed by atoms with van der Waals surface area (Å²) in [5, 5.41) is -6.81. The molecule has 0 fully saturated rings. The van der Waals surface area contributed by atoms with Gasteiger partial charge in [0.1, 0.15) is 0 Å². The van der Waals surface area contributed by atoms with E-state index in [0.717, 1.165) is 0 Å². The van der Waals surface area contributed by atoms with Crippen molar-refractivity contribution in [3.63, 3.8) is 0 Å². The standard InChI is InChI=1S/C4HF9O2S/c5-1(3(8,9)10)2(6,7)4(11,12)16(13,14)15/h1H. The van der Waals surface area contributed by atoms with Crippen molar-refractivity contribution in [2.24, 2.45) is 0 Å². The van der Waals surface area contributed by atoms with Gasteiger partial charge in [-0.25, -0.2) is 4.39 Å². The minimum atomic E-state index is -7.39. The number of rotatable bonds is 3. The molecule has 0 heterocycles. The first-order valence-electron chi connectivity index (χ1n) is 3.06. The molecule has 0 aromatic heterocycles. The van der Waals surface area contributed by atoms with E-state index >= 15 is 0 Å². The van der Waals surface area contributed by atoms with Gasteiger partial charge < -0.3 is 0 Å². The van der Waals surface area contributed by atoms with E-state index in [-0.39, 0.29) is 0 Å². The quantitative estimate of drug-likeness (QED) is 0.589. The Balaban J connectivity index is 5.55. The Bertz CT molecular complexity index is 354. The van der Waals surface area contributed by atoms with E-state index in [1.54, 1.807) is 0 Å². The van der Waals surface area contributed by atoms with Crippen LogP contribution in [0.15, 0.2) is 0 Å². The summed E-state index contributed by atoms with van der Waals surface area (Å²) in [5.74, 6) is -6.77. The second-order valence-electron chi connectivity index (χ2n) is 2.48. The van der Waals surface area contributed by atoms with Crippen LogP contribution in [0.25, 0.3) is 0 Å². The third-order valence-corrected chi connectivity index (χ3v) is 2.18. The Labute approximate surface area is 82.2 Å². The lowest BCUT2D eigenvalue weighted by Gasteiger charge is -2.26. The number of halogens is 9. The van der Waals surface area contributed by atoms with Crippen LogP contribution in [0.5, 0.6) is 0 Å². The largest absolute Gasteiger partial charge is 0.439 e. The highest BCUT2D eigenvalue weighted by atomic mass is 32.3. The van der Waals surface area contributed by atoms with Gasteiger partial charge in [-0.15, -0.1) is 0 Å². The Morgan fingerprint density at radius 1 is 0.875 bits per heavy atom. The maximum absolute atomic E-state index is 12.1. The molecule has 0 amide bonds. The van der Waals surface area contributed by atoms with Crippen LogP contribution in [-0.4, -0.2) is 31.9 Å². The molecular weight excluding hydrogens is 283 g/mol. The van der Waals surface area contributed by atoms with E-state index in [0.29, 0.717) is 0 Å². The third-order valence-electron chi connectivity index (χ3n) is 1.30. The highest BCUT2D eigenvalue weighted by molar-refractivity contribution is 7.87. The fourth-order valence-electron chi connectivity index (χ4n) is 0.516. The third kappa shape index (κ3) is 2.35. The van der Waals surface area contributed by atoms with E-state index < -0.39 is 33.7 Å². The van der Waals surface area contributed by atoms with Crippen molar-refractivity contribution in [2.45, 2.75) is 23.5 Å². The lowest BCUT2D eigenvalue weighted by atomic mass is 10.2. The molecule has 1 atom stereocenters. The summed E-state index contributed by atoms with van der Waals surface area (Å²) < 4.78 is 125. The predicted molar refractivity (Wildman–Crippen MR) is 30.9 cm³/mol. The summed E-state index contributed by atoms with van der Waals surface area (Å²) in [4.78, 5) is 0. The highest BCUT2D eigenvalue weighted by Crippen LogP contribution is 2.47. The van der Waals surface area contributed by atoms with E-state index in [1.807, 2.05) is 0 Å². The van der Waals surface area contributed by atoms with Gasteiger partial charge in [0, 0.05) is 0 Å². The first-order valence-corrected chi connectivity index (χ1v) is 4.44. The molecule has 0 N–H and O–H groups in total. The number of hydrogen-bond acceptors (Lipinski definition) is 2. The smallest absolute Gasteiger partial charge is 0.230 e. The molecule has 0 spiro atoms. The molecule has 0 aromatic rings. The molecule has 0 saturated heterocycles. The van der Waals surface area contributed by atoms with Crippen molar-refractivity contribution >= 4 is 10.2 Å². The molecule has 0 aliphatic carbocycles. The summed E-state index contributed by atoms with van der Waals surface area (Å²) in [7, 11) is -7.39. The number of hydrogen-bond donors (Lipinski definition) is 0. The fourth-order valence-corrected chi connectivity index (χ4v) is 0.944. The van der Waals surface area contributed by atoms with Crippen LogP contribution in [0.4, 0.5) is 39.0 Å². The first kappa shape index (κ1) is 15.3. The van der Waals surface area contributed by atoms with Crippen LogP contribution < -0.4 is 0 Å². The van der Waals surface area contributed by atoms with E-state index in [1.165, 1.54) is 0 Å². The summed E-state index contributed by atoms with van der Waals surface area (Å²) in [6.45, 7) is 0. The monoisotopic (exact) mass is 284 g/mol. The Hall–Kier alpha value is -0.680. The van der Waals surface area contributed by atoms with Gasteiger partial charge in [0.15, 0.2) is 0 Å². The second-order valence-corrected chi connectivity index (χ2v) is 3.87. The van der Waals surface area contributed by atoms with Crippen molar-refractivity contribution in [3.05, 3.63) is 0 Å². The molecule has 16 heavy (non-hydrogen) atoms. The Morgan fingerprint density at radius 2 is 1.19 bits per heavy atom. The minimum Gasteiger partial charge on any atom is -0.230 e. The molecule has 98 valence electrons. The maximum atomic E-state index is 12.1. The van der Waals surface area contributed by atoms with Crippen LogP contribution in [0.3, 0.4) is 0 Å². The summed E-state index contributed by atoms with van der Waals surface area (Å²) in [6.07, 6.45) is -12.0. The molecule has 0 radical (unpaired) electrons. The van der Waals surface area contributed by atoms with Gasteiger partial charge >= 0.3 is 27.6 Å². The summed E-state index contributed by atoms with van der Waals surface area (Å²) in [5.41, 5.74) is 0. The normalized spacial score (nSPS) is 17.3. The zero-order valence-corrected chi connectivity index (χ0v) is 7.52. The zero-order valence-electron chi connectivity index (χ0n) is 6.70. The van der Waals surface area contributed by atoms with Crippen LogP contribution in [0.1, 0.15) is 0 Å². The van der Waals surface area contributed by atoms with Crippen LogP contribution in [-0.2, 0) is 10.2 Å². The molecule has 12 heteroatoms. The average Bonchev–Trinajstić information content (AvgIpc) is 1.98. The molecule has 0 saturated carbocycles. The lowest BCUT2D eigenvalue weighted by molar-refractivity contribution is -0.284. The Morgan fingerprint density at radius 3 is 1.38 bits per heavy atom. The van der Waals surface area contributed by atoms with Gasteiger partial charge in [-0.2, -0.15) is 39.2 Å². The Kier molecular flexibility index (Phi) is 3.51. The minimum absolute atomic E-state index is 5.51. The predicted octanol–water partition coefficient (Wildman–Crippen LogP) is 2.41. The molecule has 0 rings (SSSR count).